The number of rotatable bonds is 5. The van der Waals surface area contributed by atoms with Crippen LogP contribution in [0, 0.1) is 5.92 Å². The Bertz CT molecular complexity index is 371. The Hall–Kier alpha value is -0.910. The van der Waals surface area contributed by atoms with Crippen LogP contribution in [0.3, 0.4) is 0 Å². The average Bonchev–Trinajstić information content (AvgIpc) is 2.46. The smallest absolute Gasteiger partial charge is 0.245 e. The van der Waals surface area contributed by atoms with Crippen molar-refractivity contribution in [3.63, 3.8) is 0 Å². The van der Waals surface area contributed by atoms with Gasteiger partial charge in [0.05, 0.1) is 0 Å². The van der Waals surface area contributed by atoms with E-state index in [1.165, 1.54) is 0 Å². The Morgan fingerprint density at radius 2 is 2.00 bits per heavy atom. The predicted molar refractivity (Wildman–Crippen MR) is 76.1 cm³/mol. The molecule has 0 aromatic rings. The van der Waals surface area contributed by atoms with Crippen molar-refractivity contribution < 1.29 is 13.8 Å². The molecule has 0 aromatic heterocycles. The number of amides is 2. The number of hydrogen-bond donors (Lipinski definition) is 1. The van der Waals surface area contributed by atoms with Gasteiger partial charge in [-0.3, -0.25) is 13.8 Å². The third-order valence-corrected chi connectivity index (χ3v) is 4.28. The van der Waals surface area contributed by atoms with Crippen LogP contribution in [0.5, 0.6) is 0 Å². The van der Waals surface area contributed by atoms with Gasteiger partial charge in [-0.2, -0.15) is 0 Å². The van der Waals surface area contributed by atoms with Crippen molar-refractivity contribution in [3.8, 4) is 0 Å². The molecule has 0 radical (unpaired) electrons. The lowest BCUT2D eigenvalue weighted by Crippen LogP contribution is -2.50. The Morgan fingerprint density at radius 3 is 2.53 bits per heavy atom. The molecule has 1 heterocycles. The third kappa shape index (κ3) is 4.60. The van der Waals surface area contributed by atoms with Crippen molar-refractivity contribution in [2.75, 3.05) is 18.6 Å². The van der Waals surface area contributed by atoms with Crippen molar-refractivity contribution in [2.45, 2.75) is 45.7 Å². The van der Waals surface area contributed by atoms with Crippen LogP contribution in [-0.4, -0.2) is 51.6 Å². The van der Waals surface area contributed by atoms with Crippen LogP contribution >= 0.6 is 0 Å². The molecule has 1 N–H and O–H groups in total. The molecule has 1 rings (SSSR count). The molecule has 3 unspecified atom stereocenters. The van der Waals surface area contributed by atoms with Crippen LogP contribution < -0.4 is 5.32 Å². The van der Waals surface area contributed by atoms with Gasteiger partial charge in [0.1, 0.15) is 6.04 Å². The van der Waals surface area contributed by atoms with Crippen LogP contribution in [0.1, 0.15) is 33.6 Å². The maximum absolute atomic E-state index is 12.5. The second-order valence-corrected chi connectivity index (χ2v) is 7.04. The molecule has 1 fully saturated rings. The lowest BCUT2D eigenvalue weighted by molar-refractivity contribution is -0.136. The van der Waals surface area contributed by atoms with E-state index >= 15 is 0 Å². The maximum atomic E-state index is 12.5. The zero-order valence-corrected chi connectivity index (χ0v) is 13.0. The Kier molecular flexibility index (Phi) is 5.97. The minimum atomic E-state index is -0.851. The van der Waals surface area contributed by atoms with Crippen molar-refractivity contribution in [2.24, 2.45) is 5.92 Å². The van der Waals surface area contributed by atoms with E-state index in [1.807, 2.05) is 20.8 Å². The van der Waals surface area contributed by atoms with Gasteiger partial charge in [0.15, 0.2) is 0 Å². The molecule has 0 aromatic carbocycles. The van der Waals surface area contributed by atoms with E-state index < -0.39 is 16.8 Å². The van der Waals surface area contributed by atoms with E-state index in [1.54, 1.807) is 11.2 Å². The Balaban J connectivity index is 2.77. The SMILES string of the molecule is CC(C)C1NC(=O)CCN(C(C)CCS(C)=O)C1=O. The number of nitrogens with zero attached hydrogens (tertiary/aromatic N) is 1. The van der Waals surface area contributed by atoms with E-state index in [0.717, 1.165) is 0 Å². The normalized spacial score (nSPS) is 24.1. The molecule has 3 atom stereocenters. The molecule has 5 nitrogen and oxygen atoms in total. The number of carbonyl (C=O) groups is 2. The monoisotopic (exact) mass is 288 g/mol. The van der Waals surface area contributed by atoms with Gasteiger partial charge in [0, 0.05) is 41.8 Å². The quantitative estimate of drug-likeness (QED) is 0.802. The average molecular weight is 288 g/mol. The minimum absolute atomic E-state index is 0.0183. The third-order valence-electron chi connectivity index (χ3n) is 3.47. The molecule has 1 aliphatic heterocycles. The lowest BCUT2D eigenvalue weighted by Gasteiger charge is -2.31. The van der Waals surface area contributed by atoms with Gasteiger partial charge in [-0.25, -0.2) is 0 Å². The summed E-state index contributed by atoms with van der Waals surface area (Å²) in [5, 5.41) is 2.79. The van der Waals surface area contributed by atoms with Crippen LogP contribution in [-0.2, 0) is 20.4 Å². The summed E-state index contributed by atoms with van der Waals surface area (Å²) in [6.07, 6.45) is 2.71. The summed E-state index contributed by atoms with van der Waals surface area (Å²) < 4.78 is 11.1. The molecular formula is C13H24N2O3S. The summed E-state index contributed by atoms with van der Waals surface area (Å²) in [5.74, 6) is 0.569. The predicted octanol–water partition coefficient (Wildman–Crippen LogP) is 0.517. The summed E-state index contributed by atoms with van der Waals surface area (Å²) in [6, 6.07) is -0.421. The largest absolute Gasteiger partial charge is 0.344 e. The highest BCUT2D eigenvalue weighted by Crippen LogP contribution is 2.15. The molecular weight excluding hydrogens is 264 g/mol. The Morgan fingerprint density at radius 1 is 1.37 bits per heavy atom. The van der Waals surface area contributed by atoms with Crippen LogP contribution in [0.15, 0.2) is 0 Å². The van der Waals surface area contributed by atoms with Gasteiger partial charge < -0.3 is 10.2 Å². The molecule has 19 heavy (non-hydrogen) atoms. The zero-order chi connectivity index (χ0) is 14.6. The van der Waals surface area contributed by atoms with Crippen molar-refractivity contribution in [1.82, 2.24) is 10.2 Å². The van der Waals surface area contributed by atoms with Gasteiger partial charge in [-0.15, -0.1) is 0 Å². The van der Waals surface area contributed by atoms with Crippen molar-refractivity contribution in [1.29, 1.82) is 0 Å². The number of hydrogen-bond acceptors (Lipinski definition) is 3. The van der Waals surface area contributed by atoms with Gasteiger partial charge in [-0.05, 0) is 19.3 Å². The molecule has 6 heteroatoms. The van der Waals surface area contributed by atoms with Gasteiger partial charge >= 0.3 is 0 Å². The van der Waals surface area contributed by atoms with E-state index in [0.29, 0.717) is 25.1 Å². The van der Waals surface area contributed by atoms with E-state index in [2.05, 4.69) is 5.32 Å². The van der Waals surface area contributed by atoms with Gasteiger partial charge in [-0.1, -0.05) is 13.8 Å². The standard InChI is InChI=1S/C13H24N2O3S/c1-9(2)12-13(17)15(7-5-11(16)14-12)10(3)6-8-19(4)18/h9-10,12H,5-8H2,1-4H3,(H,14,16). The molecule has 0 spiro atoms. The van der Waals surface area contributed by atoms with Crippen LogP contribution in [0.2, 0.25) is 0 Å². The van der Waals surface area contributed by atoms with Crippen LogP contribution in [0.4, 0.5) is 0 Å². The van der Waals surface area contributed by atoms with Gasteiger partial charge in [0.25, 0.3) is 0 Å². The highest BCUT2D eigenvalue weighted by Gasteiger charge is 2.33. The molecule has 1 saturated heterocycles. The first-order valence-corrected chi connectivity index (χ1v) is 8.45. The lowest BCUT2D eigenvalue weighted by atomic mass is 10.0. The molecule has 0 saturated carbocycles. The summed E-state index contributed by atoms with van der Waals surface area (Å²) in [4.78, 5) is 25.9. The fourth-order valence-electron chi connectivity index (χ4n) is 2.20. The second-order valence-electron chi connectivity index (χ2n) is 5.49. The number of nitrogens with one attached hydrogen (secondary N) is 1. The minimum Gasteiger partial charge on any atom is -0.344 e. The Labute approximate surface area is 117 Å². The van der Waals surface area contributed by atoms with Crippen molar-refractivity contribution >= 4 is 22.6 Å². The summed E-state index contributed by atoms with van der Waals surface area (Å²) in [7, 11) is -0.851. The first-order valence-electron chi connectivity index (χ1n) is 6.72. The highest BCUT2D eigenvalue weighted by molar-refractivity contribution is 7.84. The summed E-state index contributed by atoms with van der Waals surface area (Å²) in [5.41, 5.74) is 0. The summed E-state index contributed by atoms with van der Waals surface area (Å²) >= 11 is 0. The molecule has 110 valence electrons. The topological polar surface area (TPSA) is 66.5 Å². The van der Waals surface area contributed by atoms with E-state index in [4.69, 9.17) is 0 Å². The fourth-order valence-corrected chi connectivity index (χ4v) is 2.87. The second kappa shape index (κ2) is 7.03. The summed E-state index contributed by atoms with van der Waals surface area (Å²) in [6.45, 7) is 6.26. The highest BCUT2D eigenvalue weighted by atomic mass is 32.2. The van der Waals surface area contributed by atoms with Gasteiger partial charge in [0.2, 0.25) is 11.8 Å². The van der Waals surface area contributed by atoms with E-state index in [-0.39, 0.29) is 23.8 Å². The van der Waals surface area contributed by atoms with E-state index in [9.17, 15) is 13.8 Å². The molecule has 2 amide bonds. The first-order chi connectivity index (χ1) is 8.82. The molecule has 1 aliphatic rings. The molecule has 0 bridgehead atoms. The van der Waals surface area contributed by atoms with Crippen molar-refractivity contribution in [3.05, 3.63) is 0 Å². The first kappa shape index (κ1) is 16.1. The zero-order valence-electron chi connectivity index (χ0n) is 12.1. The maximum Gasteiger partial charge on any atom is 0.245 e. The molecule has 0 aliphatic carbocycles. The number of carbonyl (C=O) groups excluding carboxylic acids is 2. The fraction of sp³-hybridized carbons (Fsp3) is 0.846. The van der Waals surface area contributed by atoms with Crippen LogP contribution in [0.25, 0.3) is 0 Å².